The standard InChI is InChI=1S/C56H43N/c1-55-32-10-11-33-56(55,2)57(40-18-4-3-5-19-40)52-31-26-39(34-51(52)55)49-35-50(44-23-13-17-37-15-7-9-21-42(37)44)48-28-25-38-24-27-45(46-29-30-47(49)54(48)53(38)46)43-22-12-16-36-14-6-8-20-41(36)43/h3-9,12-31,34-35H,10-11,32-33H2,1-2H3. The van der Waals surface area contributed by atoms with E-state index in [2.05, 4.69) is 195 Å². The molecule has 2 aliphatic rings. The second-order valence-corrected chi connectivity index (χ2v) is 17.1. The summed E-state index contributed by atoms with van der Waals surface area (Å²) >= 11 is 0. The summed E-state index contributed by atoms with van der Waals surface area (Å²) in [4.78, 5) is 2.69. The second-order valence-electron chi connectivity index (χ2n) is 17.1. The van der Waals surface area contributed by atoms with E-state index in [0.717, 1.165) is 0 Å². The highest BCUT2D eigenvalue weighted by molar-refractivity contribution is 6.31. The van der Waals surface area contributed by atoms with E-state index >= 15 is 0 Å². The van der Waals surface area contributed by atoms with Gasteiger partial charge in [0, 0.05) is 16.8 Å². The molecule has 0 aromatic heterocycles. The van der Waals surface area contributed by atoms with E-state index in [1.165, 1.54) is 130 Å². The SMILES string of the molecule is CC12CCCCC1(C)N(c1ccccc1)c1ccc(-c3cc(-c4cccc5ccccc45)c4ccc5ccc(-c6cccc7ccccc67)c6ccc3c4c56)cc12. The zero-order valence-electron chi connectivity index (χ0n) is 32.5. The summed E-state index contributed by atoms with van der Waals surface area (Å²) in [6.07, 6.45) is 4.91. The monoisotopic (exact) mass is 729 g/mol. The largest absolute Gasteiger partial charge is 0.334 e. The van der Waals surface area contributed by atoms with Crippen LogP contribution in [0, 0.1) is 0 Å². The molecular formula is C56H43N. The number of nitrogens with zero attached hydrogens (tertiary/aromatic N) is 1. The van der Waals surface area contributed by atoms with E-state index in [9.17, 15) is 0 Å². The van der Waals surface area contributed by atoms with Crippen LogP contribution in [0.3, 0.4) is 0 Å². The molecule has 12 rings (SSSR count). The number of rotatable bonds is 4. The van der Waals surface area contributed by atoms with Gasteiger partial charge in [-0.05, 0) is 143 Å². The normalized spacial score (nSPS) is 19.2. The van der Waals surface area contributed by atoms with Crippen molar-refractivity contribution in [2.24, 2.45) is 0 Å². The number of hydrogen-bond donors (Lipinski definition) is 0. The van der Waals surface area contributed by atoms with Crippen molar-refractivity contribution >= 4 is 65.2 Å². The third-order valence-electron chi connectivity index (χ3n) is 14.4. The van der Waals surface area contributed by atoms with Crippen LogP contribution in [0.2, 0.25) is 0 Å². The van der Waals surface area contributed by atoms with Gasteiger partial charge < -0.3 is 4.90 Å². The minimum Gasteiger partial charge on any atom is -0.334 e. The maximum absolute atomic E-state index is 2.69. The van der Waals surface area contributed by atoms with Gasteiger partial charge in [-0.15, -0.1) is 0 Å². The minimum absolute atomic E-state index is 0.00233. The summed E-state index contributed by atoms with van der Waals surface area (Å²) in [5.74, 6) is 0. The molecule has 57 heavy (non-hydrogen) atoms. The van der Waals surface area contributed by atoms with Gasteiger partial charge in [-0.1, -0.05) is 165 Å². The van der Waals surface area contributed by atoms with Crippen LogP contribution in [-0.2, 0) is 5.41 Å². The zero-order valence-corrected chi connectivity index (χ0v) is 32.5. The molecule has 10 aromatic carbocycles. The van der Waals surface area contributed by atoms with Crippen molar-refractivity contribution in [2.45, 2.75) is 50.5 Å². The molecule has 1 heteroatoms. The molecule has 0 saturated heterocycles. The van der Waals surface area contributed by atoms with Gasteiger partial charge in [0.1, 0.15) is 0 Å². The Morgan fingerprint density at radius 2 is 0.982 bits per heavy atom. The van der Waals surface area contributed by atoms with E-state index in [-0.39, 0.29) is 11.0 Å². The van der Waals surface area contributed by atoms with Crippen molar-refractivity contribution in [1.82, 2.24) is 0 Å². The molecule has 1 aliphatic heterocycles. The Balaban J connectivity index is 1.17. The molecule has 0 radical (unpaired) electrons. The summed E-state index contributed by atoms with van der Waals surface area (Å²) in [6, 6.07) is 66.5. The van der Waals surface area contributed by atoms with Crippen LogP contribution in [0.15, 0.2) is 176 Å². The van der Waals surface area contributed by atoms with Crippen molar-refractivity contribution in [1.29, 1.82) is 0 Å². The first-order valence-electron chi connectivity index (χ1n) is 20.7. The maximum Gasteiger partial charge on any atom is 0.0517 e. The van der Waals surface area contributed by atoms with Crippen LogP contribution in [-0.4, -0.2) is 5.54 Å². The van der Waals surface area contributed by atoms with E-state index in [1.807, 2.05) is 0 Å². The van der Waals surface area contributed by atoms with Crippen LogP contribution >= 0.6 is 0 Å². The molecule has 1 heterocycles. The number of hydrogen-bond acceptors (Lipinski definition) is 1. The average Bonchev–Trinajstić information content (AvgIpc) is 3.47. The van der Waals surface area contributed by atoms with E-state index in [4.69, 9.17) is 0 Å². The van der Waals surface area contributed by atoms with E-state index < -0.39 is 0 Å². The molecule has 272 valence electrons. The zero-order chi connectivity index (χ0) is 37.9. The number of anilines is 2. The lowest BCUT2D eigenvalue weighted by Gasteiger charge is -2.50. The average molecular weight is 730 g/mol. The Labute approximate surface area is 334 Å². The van der Waals surface area contributed by atoms with Crippen LogP contribution < -0.4 is 4.90 Å². The molecule has 0 spiro atoms. The summed E-state index contributed by atoms with van der Waals surface area (Å²) < 4.78 is 0. The van der Waals surface area contributed by atoms with Crippen molar-refractivity contribution in [2.75, 3.05) is 4.90 Å². The third-order valence-corrected chi connectivity index (χ3v) is 14.4. The molecular weight excluding hydrogens is 687 g/mol. The first kappa shape index (κ1) is 32.8. The molecule has 0 amide bonds. The number of fused-ring (bicyclic) bond motifs is 5. The molecule has 0 bridgehead atoms. The van der Waals surface area contributed by atoms with Gasteiger partial charge in [-0.2, -0.15) is 0 Å². The Morgan fingerprint density at radius 1 is 0.404 bits per heavy atom. The lowest BCUT2D eigenvalue weighted by atomic mass is 9.61. The minimum atomic E-state index is 0.00233. The molecule has 2 atom stereocenters. The topological polar surface area (TPSA) is 3.24 Å². The third kappa shape index (κ3) is 4.52. The number of benzene rings is 10. The molecule has 10 aromatic rings. The summed E-state index contributed by atoms with van der Waals surface area (Å²) in [5, 5.41) is 13.0. The fourth-order valence-corrected chi connectivity index (χ4v) is 11.4. The van der Waals surface area contributed by atoms with Crippen LogP contribution in [0.4, 0.5) is 11.4 Å². The summed E-state index contributed by atoms with van der Waals surface area (Å²) in [5.41, 5.74) is 11.9. The van der Waals surface area contributed by atoms with Crippen LogP contribution in [0.1, 0.15) is 45.1 Å². The van der Waals surface area contributed by atoms with Gasteiger partial charge >= 0.3 is 0 Å². The van der Waals surface area contributed by atoms with E-state index in [0.29, 0.717) is 0 Å². The smallest absolute Gasteiger partial charge is 0.0517 e. The van der Waals surface area contributed by atoms with Crippen molar-refractivity contribution in [3.8, 4) is 33.4 Å². The summed E-state index contributed by atoms with van der Waals surface area (Å²) in [6.45, 7) is 5.08. The Bertz CT molecular complexity index is 3220. The molecule has 1 nitrogen and oxygen atoms in total. The first-order chi connectivity index (χ1) is 28.0. The first-order valence-corrected chi connectivity index (χ1v) is 20.7. The highest BCUT2D eigenvalue weighted by Crippen LogP contribution is 2.61. The molecule has 1 aliphatic carbocycles. The van der Waals surface area contributed by atoms with Crippen molar-refractivity contribution < 1.29 is 0 Å². The molecule has 1 fully saturated rings. The summed E-state index contributed by atoms with van der Waals surface area (Å²) in [7, 11) is 0. The Kier molecular flexibility index (Phi) is 6.92. The highest BCUT2D eigenvalue weighted by Gasteiger charge is 2.57. The fraction of sp³-hybridized carbons (Fsp3) is 0.143. The van der Waals surface area contributed by atoms with Crippen LogP contribution in [0.25, 0.3) is 87.2 Å². The molecule has 2 unspecified atom stereocenters. The fourth-order valence-electron chi connectivity index (χ4n) is 11.4. The Hall–Kier alpha value is -6.44. The van der Waals surface area contributed by atoms with Crippen molar-refractivity contribution in [3.05, 3.63) is 181 Å². The van der Waals surface area contributed by atoms with Gasteiger partial charge in [-0.25, -0.2) is 0 Å². The second kappa shape index (κ2) is 12.0. The van der Waals surface area contributed by atoms with Gasteiger partial charge in [-0.3, -0.25) is 0 Å². The lowest BCUT2D eigenvalue weighted by molar-refractivity contribution is 0.195. The van der Waals surface area contributed by atoms with Gasteiger partial charge in [0.2, 0.25) is 0 Å². The van der Waals surface area contributed by atoms with Gasteiger partial charge in [0.05, 0.1) is 5.54 Å². The van der Waals surface area contributed by atoms with Gasteiger partial charge in [0.25, 0.3) is 0 Å². The van der Waals surface area contributed by atoms with Crippen LogP contribution in [0.5, 0.6) is 0 Å². The predicted molar refractivity (Wildman–Crippen MR) is 244 cm³/mol. The van der Waals surface area contributed by atoms with E-state index in [1.54, 1.807) is 0 Å². The molecule has 0 N–H and O–H groups in total. The predicted octanol–water partition coefficient (Wildman–Crippen LogP) is 15.6. The maximum atomic E-state index is 2.69. The van der Waals surface area contributed by atoms with Gasteiger partial charge in [0.15, 0.2) is 0 Å². The van der Waals surface area contributed by atoms with Crippen molar-refractivity contribution in [3.63, 3.8) is 0 Å². The Morgan fingerprint density at radius 3 is 1.74 bits per heavy atom. The molecule has 1 saturated carbocycles. The highest BCUT2D eigenvalue weighted by atomic mass is 15.3. The lowest BCUT2D eigenvalue weighted by Crippen LogP contribution is -2.54. The number of para-hydroxylation sites is 1. The quantitative estimate of drug-likeness (QED) is 0.163.